The molecule has 0 radical (unpaired) electrons. The van der Waals surface area contributed by atoms with Gasteiger partial charge >= 0.3 is 0 Å². The van der Waals surface area contributed by atoms with Gasteiger partial charge in [-0.15, -0.1) is 0 Å². The van der Waals surface area contributed by atoms with Crippen molar-refractivity contribution in [1.29, 1.82) is 0 Å². The van der Waals surface area contributed by atoms with Gasteiger partial charge in [0.2, 0.25) is 5.89 Å². The van der Waals surface area contributed by atoms with Crippen LogP contribution in [0.1, 0.15) is 32.5 Å². The van der Waals surface area contributed by atoms with E-state index in [2.05, 4.69) is 30.9 Å². The summed E-state index contributed by atoms with van der Waals surface area (Å²) >= 11 is 1.79. The van der Waals surface area contributed by atoms with Crippen LogP contribution in [0.5, 0.6) is 0 Å². The molecule has 0 amide bonds. The van der Waals surface area contributed by atoms with Crippen molar-refractivity contribution in [3.8, 4) is 0 Å². The van der Waals surface area contributed by atoms with Crippen LogP contribution >= 0.6 is 11.8 Å². The van der Waals surface area contributed by atoms with Crippen LogP contribution in [-0.2, 0) is 12.2 Å². The Labute approximate surface area is 101 Å². The third-order valence-electron chi connectivity index (χ3n) is 2.13. The fraction of sp³-hybridized carbons (Fsp3) is 0.818. The van der Waals surface area contributed by atoms with Gasteiger partial charge in [-0.25, -0.2) is 0 Å². The van der Waals surface area contributed by atoms with Crippen molar-refractivity contribution in [1.82, 2.24) is 10.1 Å². The zero-order valence-electron chi connectivity index (χ0n) is 10.3. The molecule has 0 aliphatic heterocycles. The normalized spacial score (nSPS) is 13.3. The monoisotopic (exact) mass is 243 g/mol. The highest BCUT2D eigenvalue weighted by Crippen LogP contribution is 2.14. The molecule has 5 heteroatoms. The first kappa shape index (κ1) is 13.5. The summed E-state index contributed by atoms with van der Waals surface area (Å²) in [6.45, 7) is 7.17. The van der Waals surface area contributed by atoms with Gasteiger partial charge in [0, 0.05) is 6.42 Å². The predicted octanol–water partition coefficient (Wildman–Crippen LogP) is 2.10. The Morgan fingerprint density at radius 1 is 1.38 bits per heavy atom. The zero-order chi connectivity index (χ0) is 12.0. The molecule has 1 heterocycles. The zero-order valence-corrected chi connectivity index (χ0v) is 11.1. The average molecular weight is 243 g/mol. The number of nitrogens with two attached hydrogens (primary N) is 1. The third kappa shape index (κ3) is 4.99. The van der Waals surface area contributed by atoms with Gasteiger partial charge in [-0.3, -0.25) is 0 Å². The summed E-state index contributed by atoms with van der Waals surface area (Å²) in [5.41, 5.74) is 5.55. The average Bonchev–Trinajstić information content (AvgIpc) is 2.64. The molecule has 1 atom stereocenters. The maximum absolute atomic E-state index is 5.55. The molecule has 1 unspecified atom stereocenters. The maximum Gasteiger partial charge on any atom is 0.236 e. The molecule has 0 spiro atoms. The van der Waals surface area contributed by atoms with E-state index in [0.29, 0.717) is 11.8 Å². The lowest BCUT2D eigenvalue weighted by Gasteiger charge is -2.05. The van der Waals surface area contributed by atoms with Crippen molar-refractivity contribution in [3.63, 3.8) is 0 Å². The number of rotatable bonds is 7. The van der Waals surface area contributed by atoms with Crippen LogP contribution in [-0.4, -0.2) is 22.4 Å². The molecule has 0 bridgehead atoms. The molecule has 4 nitrogen and oxygen atoms in total. The second-order valence-corrected chi connectivity index (χ2v) is 5.59. The van der Waals surface area contributed by atoms with Gasteiger partial charge in [-0.1, -0.05) is 25.9 Å². The summed E-state index contributed by atoms with van der Waals surface area (Å²) in [7, 11) is 0. The van der Waals surface area contributed by atoms with E-state index in [9.17, 15) is 0 Å². The fourth-order valence-electron chi connectivity index (χ4n) is 1.21. The van der Waals surface area contributed by atoms with E-state index in [0.717, 1.165) is 36.2 Å². The van der Waals surface area contributed by atoms with E-state index >= 15 is 0 Å². The molecular formula is C11H21N3OS. The number of hydrogen-bond acceptors (Lipinski definition) is 5. The lowest BCUT2D eigenvalue weighted by atomic mass is 10.1. The van der Waals surface area contributed by atoms with Crippen LogP contribution < -0.4 is 5.73 Å². The Bertz CT molecular complexity index is 301. The molecule has 1 aromatic rings. The lowest BCUT2D eigenvalue weighted by molar-refractivity contribution is 0.382. The number of hydrogen-bond donors (Lipinski definition) is 1. The highest BCUT2D eigenvalue weighted by atomic mass is 32.2. The number of nitrogens with zero attached hydrogens (tertiary/aromatic N) is 2. The standard InChI is InChI=1S/C11H21N3OS/c1-8(2)4-10-13-11(15-14-10)7-16-6-9(3)5-12/h8-9H,4-7,12H2,1-3H3. The van der Waals surface area contributed by atoms with Gasteiger partial charge in [0.05, 0.1) is 5.75 Å². The van der Waals surface area contributed by atoms with E-state index in [4.69, 9.17) is 10.3 Å². The summed E-state index contributed by atoms with van der Waals surface area (Å²) in [5, 5.41) is 3.95. The SMILES string of the molecule is CC(C)Cc1noc(CSCC(C)CN)n1. The van der Waals surface area contributed by atoms with Crippen molar-refractivity contribution < 1.29 is 4.52 Å². The van der Waals surface area contributed by atoms with Gasteiger partial charge in [-0.05, 0) is 24.1 Å². The topological polar surface area (TPSA) is 64.9 Å². The van der Waals surface area contributed by atoms with Gasteiger partial charge in [0.1, 0.15) is 0 Å². The minimum Gasteiger partial charge on any atom is -0.338 e. The fourth-order valence-corrected chi connectivity index (χ4v) is 2.16. The molecule has 16 heavy (non-hydrogen) atoms. The second kappa shape index (κ2) is 6.91. The maximum atomic E-state index is 5.55. The van der Waals surface area contributed by atoms with Gasteiger partial charge in [0.15, 0.2) is 5.82 Å². The van der Waals surface area contributed by atoms with Crippen LogP contribution in [0.3, 0.4) is 0 Å². The molecule has 0 aromatic carbocycles. The molecule has 1 rings (SSSR count). The number of aromatic nitrogens is 2. The summed E-state index contributed by atoms with van der Waals surface area (Å²) in [5.74, 6) is 4.48. The Morgan fingerprint density at radius 3 is 2.75 bits per heavy atom. The smallest absolute Gasteiger partial charge is 0.236 e. The van der Waals surface area contributed by atoms with Crippen molar-refractivity contribution in [2.75, 3.05) is 12.3 Å². The Hall–Kier alpha value is -0.550. The van der Waals surface area contributed by atoms with E-state index in [1.165, 1.54) is 0 Å². The predicted molar refractivity (Wildman–Crippen MR) is 67.2 cm³/mol. The molecule has 2 N–H and O–H groups in total. The molecule has 0 saturated heterocycles. The Balaban J connectivity index is 2.29. The summed E-state index contributed by atoms with van der Waals surface area (Å²) in [6.07, 6.45) is 0.882. The quantitative estimate of drug-likeness (QED) is 0.794. The van der Waals surface area contributed by atoms with Gasteiger partial charge < -0.3 is 10.3 Å². The largest absolute Gasteiger partial charge is 0.338 e. The van der Waals surface area contributed by atoms with Crippen molar-refractivity contribution in [2.45, 2.75) is 32.9 Å². The minimum absolute atomic E-state index is 0.544. The molecule has 0 aliphatic rings. The van der Waals surface area contributed by atoms with Crippen molar-refractivity contribution >= 4 is 11.8 Å². The Morgan fingerprint density at radius 2 is 2.12 bits per heavy atom. The number of thioether (sulfide) groups is 1. The first-order valence-corrected chi connectivity index (χ1v) is 6.86. The van der Waals surface area contributed by atoms with Crippen molar-refractivity contribution in [2.24, 2.45) is 17.6 Å². The molecule has 92 valence electrons. The van der Waals surface area contributed by atoms with Crippen LogP contribution in [0.2, 0.25) is 0 Å². The van der Waals surface area contributed by atoms with Crippen molar-refractivity contribution in [3.05, 3.63) is 11.7 Å². The third-order valence-corrected chi connectivity index (χ3v) is 3.39. The highest BCUT2D eigenvalue weighted by Gasteiger charge is 2.08. The van der Waals surface area contributed by atoms with Crippen LogP contribution in [0.4, 0.5) is 0 Å². The van der Waals surface area contributed by atoms with Crippen LogP contribution in [0.15, 0.2) is 4.52 Å². The first-order valence-electron chi connectivity index (χ1n) is 5.71. The molecule has 0 fully saturated rings. The van der Waals surface area contributed by atoms with Crippen LogP contribution in [0.25, 0.3) is 0 Å². The molecule has 0 saturated carbocycles. The van der Waals surface area contributed by atoms with E-state index in [1.54, 1.807) is 11.8 Å². The second-order valence-electron chi connectivity index (χ2n) is 4.56. The van der Waals surface area contributed by atoms with E-state index in [-0.39, 0.29) is 0 Å². The van der Waals surface area contributed by atoms with Gasteiger partial charge in [0.25, 0.3) is 0 Å². The molecular weight excluding hydrogens is 222 g/mol. The first-order chi connectivity index (χ1) is 7.61. The molecule has 0 aliphatic carbocycles. The van der Waals surface area contributed by atoms with Gasteiger partial charge in [-0.2, -0.15) is 16.7 Å². The summed E-state index contributed by atoms with van der Waals surface area (Å²) < 4.78 is 5.17. The summed E-state index contributed by atoms with van der Waals surface area (Å²) in [6, 6.07) is 0. The highest BCUT2D eigenvalue weighted by molar-refractivity contribution is 7.98. The lowest BCUT2D eigenvalue weighted by Crippen LogP contribution is -2.12. The van der Waals surface area contributed by atoms with E-state index < -0.39 is 0 Å². The molecule has 1 aromatic heterocycles. The van der Waals surface area contributed by atoms with Crippen LogP contribution in [0, 0.1) is 11.8 Å². The minimum atomic E-state index is 0.544. The summed E-state index contributed by atoms with van der Waals surface area (Å²) in [4.78, 5) is 4.34. The van der Waals surface area contributed by atoms with E-state index in [1.807, 2.05) is 0 Å². The Kier molecular flexibility index (Phi) is 5.84.